The van der Waals surface area contributed by atoms with Gasteiger partial charge in [-0.15, -0.1) is 0 Å². The fraction of sp³-hybridized carbons (Fsp3) is 0.500. The maximum absolute atomic E-state index is 11.7. The predicted molar refractivity (Wildman–Crippen MR) is 87.8 cm³/mol. The van der Waals surface area contributed by atoms with Crippen molar-refractivity contribution in [3.8, 4) is 0 Å². The Balaban J connectivity index is 0. The second kappa shape index (κ2) is 14.5. The summed E-state index contributed by atoms with van der Waals surface area (Å²) in [7, 11) is -18.2. The molecule has 0 aliphatic carbocycles. The zero-order chi connectivity index (χ0) is 24.1. The molecule has 0 bridgehead atoms. The number of ether oxygens (including phenoxy) is 1. The molecular formula is C10H11Li4N4O15P3. The van der Waals surface area contributed by atoms with Crippen molar-refractivity contribution in [2.24, 2.45) is 0 Å². The Morgan fingerprint density at radius 2 is 1.56 bits per heavy atom. The minimum Gasteiger partial charge on any atom is -0.790 e. The first-order valence-corrected chi connectivity index (χ1v) is 12.4. The molecule has 6 atom stereocenters. The van der Waals surface area contributed by atoms with Crippen molar-refractivity contribution in [2.75, 3.05) is 6.61 Å². The van der Waals surface area contributed by atoms with Gasteiger partial charge in [0.25, 0.3) is 21.2 Å². The van der Waals surface area contributed by atoms with Crippen LogP contribution in [0.5, 0.6) is 0 Å². The van der Waals surface area contributed by atoms with Crippen LogP contribution in [-0.4, -0.2) is 54.7 Å². The maximum atomic E-state index is 11.7. The molecule has 3 rings (SSSR count). The molecule has 1 fully saturated rings. The molecule has 26 heteroatoms. The summed E-state index contributed by atoms with van der Waals surface area (Å²) in [6.07, 6.45) is -5.82. The Bertz CT molecular complexity index is 1280. The molecule has 1 saturated heterocycles. The Kier molecular flexibility index (Phi) is 15.7. The van der Waals surface area contributed by atoms with Crippen LogP contribution < -0.4 is 106 Å². The van der Waals surface area contributed by atoms with Crippen molar-refractivity contribution in [1.29, 1.82) is 0 Å². The van der Waals surface area contributed by atoms with Crippen LogP contribution in [0, 0.1) is 0 Å². The molecule has 0 saturated carbocycles. The van der Waals surface area contributed by atoms with Gasteiger partial charge in [-0.3, -0.25) is 32.8 Å². The third kappa shape index (κ3) is 9.78. The molecule has 2 aromatic rings. The molecule has 2 aromatic heterocycles. The van der Waals surface area contributed by atoms with Gasteiger partial charge < -0.3 is 43.6 Å². The number of phosphoric acid groups is 3. The van der Waals surface area contributed by atoms with E-state index in [0.29, 0.717) is 0 Å². The van der Waals surface area contributed by atoms with Crippen LogP contribution in [0.15, 0.2) is 15.9 Å². The van der Waals surface area contributed by atoms with Crippen molar-refractivity contribution in [3.63, 3.8) is 0 Å². The Labute approximate surface area is 247 Å². The summed E-state index contributed by atoms with van der Waals surface area (Å²) < 4.78 is 49.8. The van der Waals surface area contributed by atoms with Gasteiger partial charge in [0.1, 0.15) is 24.0 Å². The van der Waals surface area contributed by atoms with Crippen molar-refractivity contribution in [1.82, 2.24) is 19.5 Å². The number of aliphatic hydroxyl groups is 2. The Morgan fingerprint density at radius 3 is 2.11 bits per heavy atom. The number of imidazole rings is 1. The van der Waals surface area contributed by atoms with E-state index < -0.39 is 65.9 Å². The summed E-state index contributed by atoms with van der Waals surface area (Å²) in [4.78, 5) is 74.4. The van der Waals surface area contributed by atoms with Crippen molar-refractivity contribution >= 4 is 34.6 Å². The smallest absolute Gasteiger partial charge is 0.790 e. The van der Waals surface area contributed by atoms with Gasteiger partial charge in [0.05, 0.1) is 20.8 Å². The average molecular weight is 548 g/mol. The Morgan fingerprint density at radius 1 is 0.972 bits per heavy atom. The largest absolute Gasteiger partial charge is 1.00 e. The summed E-state index contributed by atoms with van der Waals surface area (Å²) in [6, 6.07) is 0. The number of hydrogen-bond acceptors (Lipinski definition) is 16. The van der Waals surface area contributed by atoms with Crippen LogP contribution in [-0.2, 0) is 31.6 Å². The van der Waals surface area contributed by atoms with Crippen LogP contribution in [0.2, 0.25) is 0 Å². The Hall–Kier alpha value is 0.830. The van der Waals surface area contributed by atoms with E-state index in [4.69, 9.17) is 4.74 Å². The van der Waals surface area contributed by atoms with E-state index in [0.717, 1.165) is 10.9 Å². The van der Waals surface area contributed by atoms with Crippen molar-refractivity contribution < 1.29 is 137 Å². The van der Waals surface area contributed by atoms with Gasteiger partial charge in [0.2, 0.25) is 0 Å². The number of aromatic amines is 2. The van der Waals surface area contributed by atoms with Gasteiger partial charge in [0.15, 0.2) is 11.7 Å². The van der Waals surface area contributed by atoms with Crippen LogP contribution >= 0.6 is 23.5 Å². The van der Waals surface area contributed by atoms with E-state index in [1.165, 1.54) is 0 Å². The van der Waals surface area contributed by atoms with Crippen molar-refractivity contribution in [3.05, 3.63) is 27.2 Å². The molecular weight excluding hydrogens is 537 g/mol. The van der Waals surface area contributed by atoms with E-state index >= 15 is 0 Å². The number of aromatic nitrogens is 4. The van der Waals surface area contributed by atoms with E-state index in [1.54, 1.807) is 0 Å². The van der Waals surface area contributed by atoms with E-state index in [2.05, 4.69) is 23.1 Å². The SMILES string of the molecule is O=c1[nH]c(=O)c2ncn(C3OC(COP(=O)([O-])OP(=O)([O-])OP(=O)([O-])[O-])C(O)C3O)c2[nH]1.[Li+].[Li+].[Li+].[Li+]. The normalized spacial score (nSPS) is 24.8. The first-order chi connectivity index (χ1) is 14.6. The molecule has 3 heterocycles. The first kappa shape index (κ1) is 39.0. The molecule has 0 amide bonds. The molecule has 1 aliphatic heterocycles. The second-order valence-electron chi connectivity index (χ2n) is 6.10. The summed E-state index contributed by atoms with van der Waals surface area (Å²) in [6.45, 7) is -1.16. The minimum atomic E-state index is -6.18. The van der Waals surface area contributed by atoms with E-state index in [-0.39, 0.29) is 86.6 Å². The summed E-state index contributed by atoms with van der Waals surface area (Å²) in [5.41, 5.74) is -2.26. The molecule has 180 valence electrons. The van der Waals surface area contributed by atoms with Crippen LogP contribution in [0.1, 0.15) is 6.23 Å². The van der Waals surface area contributed by atoms with E-state index in [9.17, 15) is 53.1 Å². The summed E-state index contributed by atoms with van der Waals surface area (Å²) >= 11 is 0. The van der Waals surface area contributed by atoms with Crippen LogP contribution in [0.3, 0.4) is 0 Å². The number of fused-ring (bicyclic) bond motifs is 1. The fourth-order valence-corrected chi connectivity index (χ4v) is 5.56. The predicted octanol–water partition coefficient (Wildman–Crippen LogP) is -17.1. The van der Waals surface area contributed by atoms with Crippen LogP contribution in [0.25, 0.3) is 11.2 Å². The minimum absolute atomic E-state index is 0. The third-order valence-electron chi connectivity index (χ3n) is 3.88. The number of phosphoric ester groups is 1. The van der Waals surface area contributed by atoms with Crippen LogP contribution in [0.4, 0.5) is 0 Å². The standard InChI is InChI=1S/C10H15N4O15P3.4Li/c15-5-3(1-26-31(22,23)29-32(24,25)28-30(19,20)21)27-9(6(5)16)14-2-11-4-7(14)12-10(18)13-8(4)17;;;;/h2-3,5-6,9,15-16H,1H2,(H,22,23)(H,24,25)(H2,19,20,21)(H2,12,13,17,18);;;;/q;4*+1/p-4. The number of hydrogen-bond donors (Lipinski definition) is 4. The zero-order valence-corrected chi connectivity index (χ0v) is 21.7. The van der Waals surface area contributed by atoms with Gasteiger partial charge in [-0.1, -0.05) is 0 Å². The molecule has 19 nitrogen and oxygen atoms in total. The topological polar surface area (TPSA) is 304 Å². The molecule has 1 aliphatic rings. The maximum Gasteiger partial charge on any atom is 1.00 e. The number of H-pyrrole nitrogens is 2. The van der Waals surface area contributed by atoms with Gasteiger partial charge in [-0.2, -0.15) is 0 Å². The van der Waals surface area contributed by atoms with Crippen molar-refractivity contribution in [2.45, 2.75) is 24.5 Å². The quantitative estimate of drug-likeness (QED) is 0.176. The van der Waals surface area contributed by atoms with Gasteiger partial charge in [-0.25, -0.2) is 14.1 Å². The monoisotopic (exact) mass is 548 g/mol. The molecule has 4 N–H and O–H groups in total. The number of aliphatic hydroxyl groups excluding tert-OH is 2. The third-order valence-corrected chi connectivity index (χ3v) is 7.54. The van der Waals surface area contributed by atoms with Gasteiger partial charge in [-0.05, 0) is 0 Å². The second-order valence-corrected chi connectivity index (χ2v) is 10.4. The molecule has 6 unspecified atom stereocenters. The fourth-order valence-electron chi connectivity index (χ4n) is 2.69. The van der Waals surface area contributed by atoms with Gasteiger partial charge >= 0.3 is 81.1 Å². The molecule has 0 radical (unpaired) electrons. The summed E-state index contributed by atoms with van der Waals surface area (Å²) in [5, 5.41) is 20.3. The van der Waals surface area contributed by atoms with Gasteiger partial charge in [0, 0.05) is 0 Å². The summed E-state index contributed by atoms with van der Waals surface area (Å²) in [5.74, 6) is 0. The average Bonchev–Trinajstić information content (AvgIpc) is 3.12. The number of rotatable bonds is 8. The number of nitrogens with one attached hydrogen (secondary N) is 2. The first-order valence-electron chi connectivity index (χ1n) is 8.01. The van der Waals surface area contributed by atoms with E-state index in [1.807, 2.05) is 4.98 Å². The zero-order valence-electron chi connectivity index (χ0n) is 19.0. The molecule has 36 heavy (non-hydrogen) atoms. The number of nitrogens with zero attached hydrogens (tertiary/aromatic N) is 2. The molecule has 0 spiro atoms. The molecule has 0 aromatic carbocycles.